The summed E-state index contributed by atoms with van der Waals surface area (Å²) in [6.07, 6.45) is 0. The Labute approximate surface area is 177 Å². The summed E-state index contributed by atoms with van der Waals surface area (Å²) < 4.78 is 1.52. The summed E-state index contributed by atoms with van der Waals surface area (Å²) in [5.74, 6) is 0.661. The number of benzene rings is 2. The Kier molecular flexibility index (Phi) is 5.67. The first-order chi connectivity index (χ1) is 14.5. The summed E-state index contributed by atoms with van der Waals surface area (Å²) in [6, 6.07) is 18.8. The SMILES string of the molecule is CCN(C(=O)CSc1nc(-c2ccccc2)nc2cc(=O)[nH]n12)c1cccc(C)c1. The first kappa shape index (κ1) is 19.9. The van der Waals surface area contributed by atoms with Gasteiger partial charge in [-0.2, -0.15) is 0 Å². The second-order valence-corrected chi connectivity index (χ2v) is 7.72. The van der Waals surface area contributed by atoms with Crippen LogP contribution >= 0.6 is 11.8 Å². The van der Waals surface area contributed by atoms with Gasteiger partial charge in [0.15, 0.2) is 16.6 Å². The molecular formula is C22H21N5O2S. The van der Waals surface area contributed by atoms with Gasteiger partial charge >= 0.3 is 0 Å². The van der Waals surface area contributed by atoms with Crippen molar-refractivity contribution in [1.29, 1.82) is 0 Å². The van der Waals surface area contributed by atoms with Crippen LogP contribution in [0, 0.1) is 6.92 Å². The largest absolute Gasteiger partial charge is 0.312 e. The number of fused-ring (bicyclic) bond motifs is 1. The quantitative estimate of drug-likeness (QED) is 0.483. The molecule has 0 fully saturated rings. The number of thioether (sulfide) groups is 1. The van der Waals surface area contributed by atoms with Crippen molar-refractivity contribution < 1.29 is 4.79 Å². The van der Waals surface area contributed by atoms with E-state index in [1.54, 1.807) is 4.90 Å². The van der Waals surface area contributed by atoms with E-state index in [-0.39, 0.29) is 17.2 Å². The van der Waals surface area contributed by atoms with Crippen LogP contribution in [0.4, 0.5) is 5.69 Å². The normalized spacial score (nSPS) is 11.0. The Morgan fingerprint density at radius 1 is 1.10 bits per heavy atom. The third-order valence-corrected chi connectivity index (χ3v) is 5.54. The summed E-state index contributed by atoms with van der Waals surface area (Å²) in [7, 11) is 0. The summed E-state index contributed by atoms with van der Waals surface area (Å²) >= 11 is 1.27. The van der Waals surface area contributed by atoms with E-state index in [0.717, 1.165) is 16.8 Å². The first-order valence-electron chi connectivity index (χ1n) is 9.60. The Morgan fingerprint density at radius 3 is 2.63 bits per heavy atom. The molecule has 0 aliphatic rings. The van der Waals surface area contributed by atoms with Crippen molar-refractivity contribution >= 4 is 29.0 Å². The number of rotatable bonds is 6. The number of nitrogens with one attached hydrogen (secondary N) is 1. The second kappa shape index (κ2) is 8.54. The molecule has 0 atom stereocenters. The number of nitrogens with zero attached hydrogens (tertiary/aromatic N) is 4. The monoisotopic (exact) mass is 419 g/mol. The van der Waals surface area contributed by atoms with Crippen LogP contribution in [0.25, 0.3) is 17.0 Å². The number of carbonyl (C=O) groups is 1. The Bertz CT molecular complexity index is 1250. The van der Waals surface area contributed by atoms with Gasteiger partial charge in [-0.25, -0.2) is 14.5 Å². The summed E-state index contributed by atoms with van der Waals surface area (Å²) in [4.78, 5) is 35.6. The minimum atomic E-state index is -0.266. The van der Waals surface area contributed by atoms with Gasteiger partial charge in [0.2, 0.25) is 5.91 Å². The molecule has 8 heteroatoms. The molecule has 0 bridgehead atoms. The van der Waals surface area contributed by atoms with Crippen LogP contribution in [0.2, 0.25) is 0 Å². The highest BCUT2D eigenvalue weighted by molar-refractivity contribution is 7.99. The van der Waals surface area contributed by atoms with Gasteiger partial charge in [-0.05, 0) is 31.5 Å². The molecule has 2 heterocycles. The zero-order valence-corrected chi connectivity index (χ0v) is 17.5. The van der Waals surface area contributed by atoms with E-state index in [0.29, 0.717) is 23.2 Å². The van der Waals surface area contributed by atoms with Crippen molar-refractivity contribution in [1.82, 2.24) is 19.6 Å². The van der Waals surface area contributed by atoms with Gasteiger partial charge in [0.1, 0.15) is 0 Å². The van der Waals surface area contributed by atoms with Crippen LogP contribution in [-0.4, -0.2) is 37.8 Å². The first-order valence-corrected chi connectivity index (χ1v) is 10.6. The van der Waals surface area contributed by atoms with Crippen molar-refractivity contribution in [2.24, 2.45) is 0 Å². The summed E-state index contributed by atoms with van der Waals surface area (Å²) in [5, 5.41) is 3.21. The number of H-pyrrole nitrogens is 1. The summed E-state index contributed by atoms with van der Waals surface area (Å²) in [6.45, 7) is 4.52. The number of anilines is 1. The van der Waals surface area contributed by atoms with Crippen molar-refractivity contribution in [3.05, 3.63) is 76.6 Å². The molecule has 1 amide bonds. The lowest BCUT2D eigenvalue weighted by Gasteiger charge is -2.21. The minimum absolute atomic E-state index is 0.0318. The molecule has 152 valence electrons. The van der Waals surface area contributed by atoms with Crippen LogP contribution < -0.4 is 10.5 Å². The number of aryl methyl sites for hydroxylation is 1. The number of amides is 1. The Hall–Kier alpha value is -3.39. The number of hydrogen-bond donors (Lipinski definition) is 1. The molecule has 30 heavy (non-hydrogen) atoms. The predicted molar refractivity (Wildman–Crippen MR) is 119 cm³/mol. The van der Waals surface area contributed by atoms with E-state index in [2.05, 4.69) is 15.1 Å². The standard InChI is InChI=1S/C22H21N5O2S/c1-3-26(17-11-7-8-15(2)12-17)20(29)14-30-22-24-21(16-9-5-4-6-10-16)23-18-13-19(28)25-27(18)22/h4-13H,3,14H2,1-2H3,(H,25,28). The molecule has 0 saturated carbocycles. The number of aromatic nitrogens is 4. The van der Waals surface area contributed by atoms with Gasteiger partial charge in [-0.3, -0.25) is 14.7 Å². The van der Waals surface area contributed by atoms with E-state index in [4.69, 9.17) is 0 Å². The molecule has 0 spiro atoms. The number of hydrogen-bond acceptors (Lipinski definition) is 5. The van der Waals surface area contributed by atoms with Gasteiger partial charge in [-0.15, -0.1) is 0 Å². The second-order valence-electron chi connectivity index (χ2n) is 6.78. The number of carbonyl (C=O) groups excluding carboxylic acids is 1. The molecule has 0 unspecified atom stereocenters. The zero-order chi connectivity index (χ0) is 21.1. The number of aromatic amines is 1. The van der Waals surface area contributed by atoms with Gasteiger partial charge in [0, 0.05) is 23.9 Å². The highest BCUT2D eigenvalue weighted by Gasteiger charge is 2.17. The van der Waals surface area contributed by atoms with Crippen molar-refractivity contribution in [2.45, 2.75) is 19.0 Å². The third kappa shape index (κ3) is 4.13. The molecule has 0 aliphatic heterocycles. The van der Waals surface area contributed by atoms with Crippen molar-refractivity contribution in [3.8, 4) is 11.4 Å². The Morgan fingerprint density at radius 2 is 1.90 bits per heavy atom. The molecule has 0 aliphatic carbocycles. The molecule has 1 N–H and O–H groups in total. The van der Waals surface area contributed by atoms with Gasteiger partial charge < -0.3 is 4.90 Å². The lowest BCUT2D eigenvalue weighted by Crippen LogP contribution is -2.32. The molecule has 7 nitrogen and oxygen atoms in total. The maximum absolute atomic E-state index is 12.9. The van der Waals surface area contributed by atoms with E-state index >= 15 is 0 Å². The predicted octanol–water partition coefficient (Wildman–Crippen LogP) is 3.54. The van der Waals surface area contributed by atoms with Gasteiger partial charge in [0.05, 0.1) is 5.75 Å². The molecule has 2 aromatic heterocycles. The van der Waals surface area contributed by atoms with E-state index in [1.165, 1.54) is 22.3 Å². The third-order valence-electron chi connectivity index (χ3n) is 4.61. The van der Waals surface area contributed by atoms with E-state index in [1.807, 2.05) is 68.4 Å². The summed E-state index contributed by atoms with van der Waals surface area (Å²) in [5.41, 5.74) is 3.01. The zero-order valence-electron chi connectivity index (χ0n) is 16.7. The maximum Gasteiger partial charge on any atom is 0.266 e. The fraction of sp³-hybridized carbons (Fsp3) is 0.182. The Balaban J connectivity index is 1.63. The highest BCUT2D eigenvalue weighted by atomic mass is 32.2. The fourth-order valence-corrected chi connectivity index (χ4v) is 4.03. The lowest BCUT2D eigenvalue weighted by molar-refractivity contribution is -0.116. The van der Waals surface area contributed by atoms with Crippen LogP contribution in [0.3, 0.4) is 0 Å². The molecule has 4 aromatic rings. The molecule has 0 radical (unpaired) electrons. The highest BCUT2D eigenvalue weighted by Crippen LogP contribution is 2.23. The van der Waals surface area contributed by atoms with Crippen LogP contribution in [0.1, 0.15) is 12.5 Å². The van der Waals surface area contributed by atoms with E-state index < -0.39 is 0 Å². The average Bonchev–Trinajstić information content (AvgIpc) is 3.13. The van der Waals surface area contributed by atoms with Crippen molar-refractivity contribution in [2.75, 3.05) is 17.2 Å². The van der Waals surface area contributed by atoms with Crippen LogP contribution in [0.5, 0.6) is 0 Å². The molecule has 4 rings (SSSR count). The molecular weight excluding hydrogens is 398 g/mol. The topological polar surface area (TPSA) is 83.4 Å². The maximum atomic E-state index is 12.9. The molecule has 2 aromatic carbocycles. The average molecular weight is 420 g/mol. The lowest BCUT2D eigenvalue weighted by atomic mass is 10.2. The fourth-order valence-electron chi connectivity index (χ4n) is 3.20. The minimum Gasteiger partial charge on any atom is -0.312 e. The van der Waals surface area contributed by atoms with Crippen LogP contribution in [0.15, 0.2) is 70.6 Å². The van der Waals surface area contributed by atoms with Gasteiger partial charge in [0.25, 0.3) is 5.56 Å². The van der Waals surface area contributed by atoms with Gasteiger partial charge in [-0.1, -0.05) is 54.2 Å². The van der Waals surface area contributed by atoms with Crippen LogP contribution in [-0.2, 0) is 4.79 Å². The van der Waals surface area contributed by atoms with Crippen molar-refractivity contribution in [3.63, 3.8) is 0 Å². The molecule has 0 saturated heterocycles. The van der Waals surface area contributed by atoms with E-state index in [9.17, 15) is 9.59 Å². The smallest absolute Gasteiger partial charge is 0.266 e.